The van der Waals surface area contributed by atoms with E-state index in [4.69, 9.17) is 18.9 Å². The van der Waals surface area contributed by atoms with Gasteiger partial charge < -0.3 is 39.0 Å². The summed E-state index contributed by atoms with van der Waals surface area (Å²) in [7, 11) is 3.79. The lowest BCUT2D eigenvalue weighted by molar-refractivity contribution is -0.141. The van der Waals surface area contributed by atoms with Crippen molar-refractivity contribution in [3.05, 3.63) is 59.2 Å². The first-order valence-corrected chi connectivity index (χ1v) is 19.2. The van der Waals surface area contributed by atoms with Crippen LogP contribution in [-0.2, 0) is 37.6 Å². The number of ether oxygens (including phenoxy) is 4. The Morgan fingerprint density at radius 2 is 1.75 bits per heavy atom. The van der Waals surface area contributed by atoms with Crippen LogP contribution in [0.3, 0.4) is 0 Å². The zero-order valence-corrected chi connectivity index (χ0v) is 31.8. The Kier molecular flexibility index (Phi) is 12.0. The van der Waals surface area contributed by atoms with Crippen LogP contribution in [-0.4, -0.2) is 104 Å². The topological polar surface area (TPSA) is 110 Å². The summed E-state index contributed by atoms with van der Waals surface area (Å²) in [6, 6.07) is 14.4. The summed E-state index contributed by atoms with van der Waals surface area (Å²) in [6.07, 6.45) is 5.86. The van der Waals surface area contributed by atoms with Gasteiger partial charge in [-0.25, -0.2) is 4.79 Å². The minimum atomic E-state index is -0.713. The number of nitrogens with one attached hydrogen (secondary N) is 1. The molecule has 11 heteroatoms. The van der Waals surface area contributed by atoms with E-state index in [9.17, 15) is 14.4 Å². The molecular formula is C41H58N4O7. The van der Waals surface area contributed by atoms with Crippen molar-refractivity contribution < 1.29 is 33.3 Å². The monoisotopic (exact) mass is 718 g/mol. The lowest BCUT2D eigenvalue weighted by atomic mass is 9.79. The molecule has 6 rings (SSSR count). The number of carbonyl (C=O) groups is 3. The third-order valence-corrected chi connectivity index (χ3v) is 10.8. The highest BCUT2D eigenvalue weighted by atomic mass is 16.6. The predicted molar refractivity (Wildman–Crippen MR) is 198 cm³/mol. The Balaban J connectivity index is 1.24. The average molecular weight is 719 g/mol. The SMILES string of the molecule is COCCCOc1cc(CN(C(=O)[C@@H]2C[C@H](C(=O)NC3(c4ccccc4)CCN(C)CC3)CN(C(=O)OC(C)(C)C)C2)C2CC2)cc2c1CCCO2. The lowest BCUT2D eigenvalue weighted by Crippen LogP contribution is -2.57. The second kappa shape index (κ2) is 16.5. The average Bonchev–Trinajstić information content (AvgIpc) is 3.98. The Bertz CT molecular complexity index is 1550. The Hall–Kier alpha value is -3.83. The fraction of sp³-hybridized carbons (Fsp3) is 0.634. The van der Waals surface area contributed by atoms with E-state index < -0.39 is 29.1 Å². The van der Waals surface area contributed by atoms with Crippen molar-refractivity contribution in [2.24, 2.45) is 11.8 Å². The third kappa shape index (κ3) is 9.39. The van der Waals surface area contributed by atoms with Gasteiger partial charge in [0, 0.05) is 64.5 Å². The van der Waals surface area contributed by atoms with Crippen LogP contribution >= 0.6 is 0 Å². The summed E-state index contributed by atoms with van der Waals surface area (Å²) in [6.45, 7) is 9.81. The van der Waals surface area contributed by atoms with Crippen LogP contribution in [0.25, 0.3) is 0 Å². The number of piperidine rings is 2. The van der Waals surface area contributed by atoms with Gasteiger partial charge in [0.25, 0.3) is 0 Å². The first-order valence-electron chi connectivity index (χ1n) is 19.2. The van der Waals surface area contributed by atoms with E-state index in [1.54, 1.807) is 12.0 Å². The van der Waals surface area contributed by atoms with Crippen molar-refractivity contribution in [3.63, 3.8) is 0 Å². The quantitative estimate of drug-likeness (QED) is 0.286. The zero-order valence-electron chi connectivity index (χ0n) is 31.8. The largest absolute Gasteiger partial charge is 0.493 e. The number of amides is 3. The molecule has 3 fully saturated rings. The molecule has 3 aliphatic heterocycles. The van der Waals surface area contributed by atoms with Crippen molar-refractivity contribution in [2.45, 2.75) is 95.9 Å². The van der Waals surface area contributed by atoms with Crippen LogP contribution in [0, 0.1) is 11.8 Å². The van der Waals surface area contributed by atoms with E-state index in [-0.39, 0.29) is 30.9 Å². The molecule has 3 heterocycles. The number of carbonyl (C=O) groups excluding carboxylic acids is 3. The van der Waals surface area contributed by atoms with Gasteiger partial charge in [-0.05, 0) is 96.0 Å². The van der Waals surface area contributed by atoms with Gasteiger partial charge in [-0.15, -0.1) is 0 Å². The molecule has 3 amide bonds. The lowest BCUT2D eigenvalue weighted by Gasteiger charge is -2.44. The highest BCUT2D eigenvalue weighted by Crippen LogP contribution is 2.39. The minimum absolute atomic E-state index is 0.0353. The van der Waals surface area contributed by atoms with Gasteiger partial charge in [-0.2, -0.15) is 0 Å². The minimum Gasteiger partial charge on any atom is -0.493 e. The molecule has 0 unspecified atom stereocenters. The summed E-state index contributed by atoms with van der Waals surface area (Å²) in [5.74, 6) is 0.340. The normalized spacial score (nSPS) is 21.8. The number of likely N-dealkylation sites (tertiary alicyclic amines) is 2. The van der Waals surface area contributed by atoms with Crippen LogP contribution in [0.15, 0.2) is 42.5 Å². The van der Waals surface area contributed by atoms with Crippen molar-refractivity contribution >= 4 is 17.9 Å². The van der Waals surface area contributed by atoms with Crippen LogP contribution in [0.5, 0.6) is 11.5 Å². The molecule has 4 aliphatic rings. The number of fused-ring (bicyclic) bond motifs is 1. The third-order valence-electron chi connectivity index (χ3n) is 10.8. The van der Waals surface area contributed by atoms with Gasteiger partial charge >= 0.3 is 6.09 Å². The molecule has 0 bridgehead atoms. The van der Waals surface area contributed by atoms with E-state index in [1.807, 2.05) is 49.9 Å². The summed E-state index contributed by atoms with van der Waals surface area (Å²) < 4.78 is 23.3. The molecule has 2 aromatic carbocycles. The Morgan fingerprint density at radius 3 is 2.44 bits per heavy atom. The molecule has 1 N–H and O–H groups in total. The van der Waals surface area contributed by atoms with Gasteiger partial charge in [0.1, 0.15) is 17.1 Å². The maximum Gasteiger partial charge on any atom is 0.410 e. The summed E-state index contributed by atoms with van der Waals surface area (Å²) >= 11 is 0. The molecule has 0 spiro atoms. The Labute approximate surface area is 309 Å². The molecule has 2 atom stereocenters. The molecular weight excluding hydrogens is 660 g/mol. The predicted octanol–water partition coefficient (Wildman–Crippen LogP) is 5.53. The van der Waals surface area contributed by atoms with E-state index in [0.29, 0.717) is 32.8 Å². The number of rotatable bonds is 12. The highest BCUT2D eigenvalue weighted by Gasteiger charge is 2.45. The van der Waals surface area contributed by atoms with Crippen molar-refractivity contribution in [1.82, 2.24) is 20.0 Å². The fourth-order valence-electron chi connectivity index (χ4n) is 7.81. The van der Waals surface area contributed by atoms with Crippen LogP contribution in [0.2, 0.25) is 0 Å². The molecule has 0 aromatic heterocycles. The fourth-order valence-corrected chi connectivity index (χ4v) is 7.81. The number of hydrogen-bond acceptors (Lipinski definition) is 8. The summed E-state index contributed by atoms with van der Waals surface area (Å²) in [4.78, 5) is 48.5. The molecule has 1 aliphatic carbocycles. The second-order valence-electron chi connectivity index (χ2n) is 16.2. The Morgan fingerprint density at radius 1 is 1.02 bits per heavy atom. The first kappa shape index (κ1) is 37.9. The number of benzene rings is 2. The molecule has 1 saturated carbocycles. The van der Waals surface area contributed by atoms with Crippen LogP contribution in [0.1, 0.15) is 82.4 Å². The molecule has 11 nitrogen and oxygen atoms in total. The van der Waals surface area contributed by atoms with Gasteiger partial charge in [0.05, 0.1) is 30.6 Å². The van der Waals surface area contributed by atoms with Crippen LogP contribution in [0.4, 0.5) is 4.79 Å². The van der Waals surface area contributed by atoms with Gasteiger partial charge in [-0.3, -0.25) is 9.59 Å². The highest BCUT2D eigenvalue weighted by molar-refractivity contribution is 5.85. The summed E-state index contributed by atoms with van der Waals surface area (Å²) in [5.41, 5.74) is 1.87. The maximum absolute atomic E-state index is 14.7. The van der Waals surface area contributed by atoms with E-state index in [0.717, 1.165) is 86.2 Å². The van der Waals surface area contributed by atoms with Gasteiger partial charge in [0.2, 0.25) is 11.8 Å². The number of hydrogen-bond donors (Lipinski definition) is 1. The van der Waals surface area contributed by atoms with Crippen molar-refractivity contribution in [1.29, 1.82) is 0 Å². The van der Waals surface area contributed by atoms with Crippen LogP contribution < -0.4 is 14.8 Å². The molecule has 0 radical (unpaired) electrons. The van der Waals surface area contributed by atoms with Crippen molar-refractivity contribution in [3.8, 4) is 11.5 Å². The molecule has 2 aromatic rings. The first-order chi connectivity index (χ1) is 24.9. The summed E-state index contributed by atoms with van der Waals surface area (Å²) in [5, 5.41) is 3.47. The maximum atomic E-state index is 14.7. The molecule has 2 saturated heterocycles. The molecule has 284 valence electrons. The van der Waals surface area contributed by atoms with E-state index in [2.05, 4.69) is 35.5 Å². The van der Waals surface area contributed by atoms with Crippen molar-refractivity contribution in [2.75, 3.05) is 60.2 Å². The standard InChI is InChI=1S/C41H58N4O7/c1-40(2,3)52-39(48)44-27-30(37(46)42-41(16-18-43(4)19-17-41)32-11-7-6-8-12-32)25-31(28-44)38(47)45(33-14-15-33)26-29-23-35-34(13-9-21-50-35)36(24-29)51-22-10-20-49-5/h6-8,11-12,23-24,30-31,33H,9-10,13-22,25-28H2,1-5H3,(H,42,46)/t30-,31+/m0/s1. The smallest absolute Gasteiger partial charge is 0.410 e. The number of nitrogens with zero attached hydrogens (tertiary/aromatic N) is 3. The number of methoxy groups -OCH3 is 1. The van der Waals surface area contributed by atoms with Gasteiger partial charge in [-0.1, -0.05) is 30.3 Å². The molecule has 52 heavy (non-hydrogen) atoms. The van der Waals surface area contributed by atoms with E-state index in [1.165, 1.54) is 0 Å². The van der Waals surface area contributed by atoms with Gasteiger partial charge in [0.15, 0.2) is 0 Å². The van der Waals surface area contributed by atoms with E-state index >= 15 is 0 Å². The zero-order chi connectivity index (χ0) is 36.9. The second-order valence-corrected chi connectivity index (χ2v) is 16.2.